The molecular formula is C11H18N2O4. The molecule has 0 aromatic carbocycles. The minimum absolute atomic E-state index is 0.269. The summed E-state index contributed by atoms with van der Waals surface area (Å²) in [6.07, 6.45) is 3.03. The highest BCUT2D eigenvalue weighted by Crippen LogP contribution is 2.18. The number of nitrogens with one attached hydrogen (secondary N) is 2. The summed E-state index contributed by atoms with van der Waals surface area (Å²) < 4.78 is 4.66. The first-order chi connectivity index (χ1) is 8.04. The van der Waals surface area contributed by atoms with E-state index >= 15 is 0 Å². The Morgan fingerprint density at radius 1 is 1.41 bits per heavy atom. The molecule has 1 saturated carbocycles. The van der Waals surface area contributed by atoms with Crippen LogP contribution in [-0.4, -0.2) is 36.3 Å². The topological polar surface area (TPSA) is 87.7 Å². The summed E-state index contributed by atoms with van der Waals surface area (Å²) in [7, 11) is 1.42. The van der Waals surface area contributed by atoms with Gasteiger partial charge >= 0.3 is 6.03 Å². The fraction of sp³-hybridized carbons (Fsp3) is 0.636. The van der Waals surface area contributed by atoms with Gasteiger partial charge in [-0.1, -0.05) is 0 Å². The first-order valence-corrected chi connectivity index (χ1v) is 5.54. The maximum Gasteiger partial charge on any atom is 0.322 e. The highest BCUT2D eigenvalue weighted by molar-refractivity contribution is 6.03. The zero-order valence-corrected chi connectivity index (χ0v) is 10.0. The average molecular weight is 242 g/mol. The number of imide groups is 1. The summed E-state index contributed by atoms with van der Waals surface area (Å²) in [5, 5.41) is 14.2. The number of amides is 3. The Labute approximate surface area is 100 Å². The summed E-state index contributed by atoms with van der Waals surface area (Å²) in [5.74, 6) is -0.517. The number of hydrogen-bond acceptors (Lipinski definition) is 4. The Hall–Kier alpha value is -1.56. The third-order valence-electron chi connectivity index (χ3n) is 2.68. The molecule has 1 aliphatic carbocycles. The van der Waals surface area contributed by atoms with Gasteiger partial charge in [0.05, 0.1) is 25.5 Å². The van der Waals surface area contributed by atoms with Crippen molar-refractivity contribution >= 4 is 11.9 Å². The third-order valence-corrected chi connectivity index (χ3v) is 2.68. The molecule has 0 aliphatic heterocycles. The molecule has 6 nitrogen and oxygen atoms in total. The van der Waals surface area contributed by atoms with E-state index in [1.54, 1.807) is 0 Å². The van der Waals surface area contributed by atoms with Crippen LogP contribution >= 0.6 is 0 Å². The minimum atomic E-state index is -0.593. The lowest BCUT2D eigenvalue weighted by Crippen LogP contribution is -2.47. The molecular weight excluding hydrogens is 224 g/mol. The number of methoxy groups -OCH3 is 1. The highest BCUT2D eigenvalue weighted by Gasteiger charge is 2.26. The molecule has 17 heavy (non-hydrogen) atoms. The second-order valence-electron chi connectivity index (χ2n) is 4.07. The lowest BCUT2D eigenvalue weighted by molar-refractivity contribution is -0.116. The molecule has 3 amide bonds. The van der Waals surface area contributed by atoms with Gasteiger partial charge in [-0.2, -0.15) is 0 Å². The van der Waals surface area contributed by atoms with Crippen LogP contribution in [0.25, 0.3) is 0 Å². The number of rotatable bonds is 3. The Balaban J connectivity index is 2.39. The SMILES string of the molecule is CO/C=C(\C)C(=O)NC(=O)NC1CCCC1O. The van der Waals surface area contributed by atoms with Crippen LogP contribution in [0.5, 0.6) is 0 Å². The van der Waals surface area contributed by atoms with Gasteiger partial charge in [0.25, 0.3) is 5.91 Å². The van der Waals surface area contributed by atoms with Crippen LogP contribution < -0.4 is 10.6 Å². The number of urea groups is 1. The first kappa shape index (κ1) is 13.5. The van der Waals surface area contributed by atoms with Gasteiger partial charge in [0, 0.05) is 5.57 Å². The van der Waals surface area contributed by atoms with Crippen molar-refractivity contribution in [3.8, 4) is 0 Å². The summed E-state index contributed by atoms with van der Waals surface area (Å²) >= 11 is 0. The predicted molar refractivity (Wildman–Crippen MR) is 61.1 cm³/mol. The van der Waals surface area contributed by atoms with Crippen LogP contribution in [0.2, 0.25) is 0 Å². The fourth-order valence-corrected chi connectivity index (χ4v) is 1.75. The molecule has 0 bridgehead atoms. The molecule has 1 aliphatic rings. The number of aliphatic hydroxyl groups excluding tert-OH is 1. The quantitative estimate of drug-likeness (QED) is 0.490. The second-order valence-corrected chi connectivity index (χ2v) is 4.07. The van der Waals surface area contributed by atoms with Gasteiger partial charge in [-0.3, -0.25) is 10.1 Å². The minimum Gasteiger partial charge on any atom is -0.504 e. The van der Waals surface area contributed by atoms with Crippen molar-refractivity contribution in [3.05, 3.63) is 11.8 Å². The number of carbonyl (C=O) groups excluding carboxylic acids is 2. The van der Waals surface area contributed by atoms with Crippen LogP contribution in [0.15, 0.2) is 11.8 Å². The van der Waals surface area contributed by atoms with E-state index in [0.717, 1.165) is 12.8 Å². The lowest BCUT2D eigenvalue weighted by Gasteiger charge is -2.16. The number of carbonyl (C=O) groups is 2. The molecule has 2 atom stereocenters. The van der Waals surface area contributed by atoms with Crippen molar-refractivity contribution in [3.63, 3.8) is 0 Å². The van der Waals surface area contributed by atoms with Gasteiger partial charge in [0.15, 0.2) is 0 Å². The molecule has 1 fully saturated rings. The van der Waals surface area contributed by atoms with Crippen molar-refractivity contribution in [2.45, 2.75) is 38.3 Å². The van der Waals surface area contributed by atoms with E-state index in [1.165, 1.54) is 20.3 Å². The van der Waals surface area contributed by atoms with Crippen LogP contribution in [0, 0.1) is 0 Å². The first-order valence-electron chi connectivity index (χ1n) is 5.54. The normalized spacial score (nSPS) is 24.3. The number of aliphatic hydroxyl groups is 1. The van der Waals surface area contributed by atoms with E-state index in [4.69, 9.17) is 0 Å². The molecule has 2 unspecified atom stereocenters. The van der Waals surface area contributed by atoms with Gasteiger partial charge in [-0.05, 0) is 26.2 Å². The summed E-state index contributed by atoms with van der Waals surface area (Å²) in [6.45, 7) is 1.54. The van der Waals surface area contributed by atoms with E-state index in [0.29, 0.717) is 12.0 Å². The fourth-order valence-electron chi connectivity index (χ4n) is 1.75. The largest absolute Gasteiger partial charge is 0.504 e. The average Bonchev–Trinajstić information content (AvgIpc) is 2.64. The molecule has 0 radical (unpaired) electrons. The van der Waals surface area contributed by atoms with Crippen molar-refractivity contribution in [1.82, 2.24) is 10.6 Å². The van der Waals surface area contributed by atoms with Crippen LogP contribution in [0.4, 0.5) is 4.79 Å². The monoisotopic (exact) mass is 242 g/mol. The number of hydrogen-bond donors (Lipinski definition) is 3. The van der Waals surface area contributed by atoms with Gasteiger partial charge in [-0.25, -0.2) is 4.79 Å². The van der Waals surface area contributed by atoms with E-state index in [2.05, 4.69) is 15.4 Å². The third kappa shape index (κ3) is 4.07. The van der Waals surface area contributed by atoms with Crippen molar-refractivity contribution in [2.24, 2.45) is 0 Å². The van der Waals surface area contributed by atoms with Crippen LogP contribution in [-0.2, 0) is 9.53 Å². The molecule has 0 heterocycles. The van der Waals surface area contributed by atoms with Gasteiger partial charge in [0.2, 0.25) is 0 Å². The molecule has 1 rings (SSSR count). The molecule has 3 N–H and O–H groups in total. The lowest BCUT2D eigenvalue weighted by atomic mass is 10.2. The van der Waals surface area contributed by atoms with Crippen molar-refractivity contribution in [1.29, 1.82) is 0 Å². The molecule has 0 spiro atoms. The summed E-state index contributed by atoms with van der Waals surface area (Å²) in [6, 6.07) is -0.862. The van der Waals surface area contributed by atoms with Gasteiger partial charge in [0.1, 0.15) is 0 Å². The summed E-state index contributed by atoms with van der Waals surface area (Å²) in [4.78, 5) is 22.9. The standard InChI is InChI=1S/C11H18N2O4/c1-7(6-17-2)10(15)13-11(16)12-8-4-3-5-9(8)14/h6,8-9,14H,3-5H2,1-2H3,(H2,12,13,15,16)/b7-6+. The number of ether oxygens (including phenoxy) is 1. The van der Waals surface area contributed by atoms with Gasteiger partial charge in [-0.15, -0.1) is 0 Å². The second kappa shape index (κ2) is 6.24. The Morgan fingerprint density at radius 3 is 2.65 bits per heavy atom. The summed E-state index contributed by atoms with van der Waals surface area (Å²) in [5.41, 5.74) is 0.301. The molecule has 0 saturated heterocycles. The zero-order valence-electron chi connectivity index (χ0n) is 10.0. The van der Waals surface area contributed by atoms with Gasteiger partial charge < -0.3 is 15.2 Å². The predicted octanol–water partition coefficient (Wildman–Crippen LogP) is 0.276. The Bertz CT molecular complexity index is 327. The van der Waals surface area contributed by atoms with E-state index in [9.17, 15) is 14.7 Å². The highest BCUT2D eigenvalue weighted by atomic mass is 16.5. The smallest absolute Gasteiger partial charge is 0.322 e. The maximum atomic E-state index is 11.4. The Kier molecular flexibility index (Phi) is 4.96. The van der Waals surface area contributed by atoms with E-state index in [-0.39, 0.29) is 6.04 Å². The van der Waals surface area contributed by atoms with Crippen LogP contribution in [0.1, 0.15) is 26.2 Å². The molecule has 0 aromatic rings. The van der Waals surface area contributed by atoms with Crippen LogP contribution in [0.3, 0.4) is 0 Å². The maximum absolute atomic E-state index is 11.4. The molecule has 0 aromatic heterocycles. The van der Waals surface area contributed by atoms with Crippen molar-refractivity contribution < 1.29 is 19.4 Å². The zero-order chi connectivity index (χ0) is 12.8. The van der Waals surface area contributed by atoms with Crippen molar-refractivity contribution in [2.75, 3.05) is 7.11 Å². The van der Waals surface area contributed by atoms with E-state index < -0.39 is 18.0 Å². The molecule has 6 heteroatoms. The van der Waals surface area contributed by atoms with E-state index in [1.807, 2.05) is 0 Å². The Morgan fingerprint density at radius 2 is 2.12 bits per heavy atom. The molecule has 96 valence electrons.